The second kappa shape index (κ2) is 7.14. The number of rotatable bonds is 4. The molecule has 0 bridgehead atoms. The Bertz CT molecular complexity index is 988. The van der Waals surface area contributed by atoms with Crippen molar-refractivity contribution >= 4 is 28.9 Å². The van der Waals surface area contributed by atoms with Crippen molar-refractivity contribution in [3.05, 3.63) is 82.4 Å². The molecular weight excluding hydrogens is 360 g/mol. The van der Waals surface area contributed by atoms with Crippen molar-refractivity contribution in [2.45, 2.75) is 6.92 Å². The third-order valence-electron chi connectivity index (χ3n) is 4.03. The van der Waals surface area contributed by atoms with Crippen LogP contribution in [-0.4, -0.2) is 11.1 Å². The molecule has 0 atom stereocenters. The maximum absolute atomic E-state index is 13.8. The van der Waals surface area contributed by atoms with E-state index in [4.69, 9.17) is 11.6 Å². The molecule has 0 radical (unpaired) electrons. The molecule has 0 aliphatic carbocycles. The van der Waals surface area contributed by atoms with Gasteiger partial charge in [-0.15, -0.1) is 0 Å². The fourth-order valence-electron chi connectivity index (χ4n) is 2.75. The van der Waals surface area contributed by atoms with E-state index in [-0.39, 0.29) is 22.6 Å². The molecule has 0 aliphatic heterocycles. The van der Waals surface area contributed by atoms with E-state index in [1.54, 1.807) is 30.3 Å². The lowest BCUT2D eigenvalue weighted by Gasteiger charge is -2.16. The molecule has 0 amide bonds. The summed E-state index contributed by atoms with van der Waals surface area (Å²) in [5.74, 6) is -2.22. The van der Waals surface area contributed by atoms with E-state index in [2.05, 4.69) is 5.32 Å². The van der Waals surface area contributed by atoms with Gasteiger partial charge in [-0.05, 0) is 48.9 Å². The quantitative estimate of drug-likeness (QED) is 0.586. The van der Waals surface area contributed by atoms with E-state index in [0.717, 1.165) is 0 Å². The smallest absolute Gasteiger partial charge is 0.338 e. The van der Waals surface area contributed by atoms with Gasteiger partial charge in [-0.25, -0.2) is 13.6 Å². The van der Waals surface area contributed by atoms with Crippen LogP contribution in [0.3, 0.4) is 0 Å². The van der Waals surface area contributed by atoms with Crippen LogP contribution in [0.25, 0.3) is 11.1 Å². The lowest BCUT2D eigenvalue weighted by Crippen LogP contribution is -2.07. The summed E-state index contributed by atoms with van der Waals surface area (Å²) in [6, 6.07) is 13.4. The van der Waals surface area contributed by atoms with Gasteiger partial charge >= 0.3 is 5.97 Å². The van der Waals surface area contributed by atoms with Gasteiger partial charge in [-0.2, -0.15) is 0 Å². The molecule has 0 unspecified atom stereocenters. The molecule has 0 fully saturated rings. The molecule has 0 saturated heterocycles. The maximum atomic E-state index is 13.8. The molecule has 3 rings (SSSR count). The summed E-state index contributed by atoms with van der Waals surface area (Å²) in [7, 11) is 0. The average Bonchev–Trinajstić information content (AvgIpc) is 2.59. The molecule has 2 N–H and O–H groups in total. The summed E-state index contributed by atoms with van der Waals surface area (Å²) in [6.45, 7) is 1.41. The Morgan fingerprint density at radius 3 is 2.35 bits per heavy atom. The largest absolute Gasteiger partial charge is 0.478 e. The highest BCUT2D eigenvalue weighted by Crippen LogP contribution is 2.37. The lowest BCUT2D eigenvalue weighted by molar-refractivity contribution is 0.0696. The van der Waals surface area contributed by atoms with E-state index in [9.17, 15) is 18.7 Å². The van der Waals surface area contributed by atoms with Gasteiger partial charge in [0.15, 0.2) is 0 Å². The number of hydrogen-bond acceptors (Lipinski definition) is 2. The monoisotopic (exact) mass is 373 g/mol. The highest BCUT2D eigenvalue weighted by Gasteiger charge is 2.18. The average molecular weight is 374 g/mol. The summed E-state index contributed by atoms with van der Waals surface area (Å²) in [6.07, 6.45) is 0. The third kappa shape index (κ3) is 3.39. The van der Waals surface area contributed by atoms with Crippen LogP contribution < -0.4 is 5.32 Å². The summed E-state index contributed by atoms with van der Waals surface area (Å²) in [4.78, 5) is 11.6. The predicted molar refractivity (Wildman–Crippen MR) is 98.2 cm³/mol. The third-order valence-corrected chi connectivity index (χ3v) is 4.34. The normalized spacial score (nSPS) is 10.6. The summed E-state index contributed by atoms with van der Waals surface area (Å²) in [5, 5.41) is 12.9. The molecule has 3 nitrogen and oxygen atoms in total. The van der Waals surface area contributed by atoms with Gasteiger partial charge in [-0.3, -0.25) is 0 Å². The van der Waals surface area contributed by atoms with E-state index in [0.29, 0.717) is 21.8 Å². The first kappa shape index (κ1) is 17.9. The first-order chi connectivity index (χ1) is 12.4. The van der Waals surface area contributed by atoms with Crippen LogP contribution in [0.15, 0.2) is 54.6 Å². The Hall–Kier alpha value is -2.92. The van der Waals surface area contributed by atoms with Gasteiger partial charge < -0.3 is 10.4 Å². The van der Waals surface area contributed by atoms with Gasteiger partial charge in [-0.1, -0.05) is 29.8 Å². The van der Waals surface area contributed by atoms with Crippen molar-refractivity contribution < 1.29 is 18.7 Å². The van der Waals surface area contributed by atoms with Crippen molar-refractivity contribution in [3.8, 4) is 11.1 Å². The number of carboxylic acids is 1. The zero-order valence-corrected chi connectivity index (χ0v) is 14.4. The molecule has 0 aliphatic rings. The SMILES string of the molecule is Cc1c(F)ccc(Nc2cccc(Cl)c2-c2ccc(F)cc2)c1C(=O)O. The summed E-state index contributed by atoms with van der Waals surface area (Å²) in [5.41, 5.74) is 1.89. The Kier molecular flexibility index (Phi) is 4.91. The van der Waals surface area contributed by atoms with Crippen molar-refractivity contribution in [1.29, 1.82) is 0 Å². The van der Waals surface area contributed by atoms with Crippen LogP contribution in [0.1, 0.15) is 15.9 Å². The zero-order valence-electron chi connectivity index (χ0n) is 13.7. The summed E-state index contributed by atoms with van der Waals surface area (Å²) >= 11 is 6.32. The molecule has 26 heavy (non-hydrogen) atoms. The zero-order chi connectivity index (χ0) is 18.8. The van der Waals surface area contributed by atoms with E-state index >= 15 is 0 Å². The maximum Gasteiger partial charge on any atom is 0.338 e. The molecular formula is C20H14ClF2NO2. The molecule has 0 spiro atoms. The van der Waals surface area contributed by atoms with Gasteiger partial charge in [0.25, 0.3) is 0 Å². The minimum atomic E-state index is -1.24. The highest BCUT2D eigenvalue weighted by atomic mass is 35.5. The van der Waals surface area contributed by atoms with Crippen LogP contribution in [0.2, 0.25) is 5.02 Å². The number of carbonyl (C=O) groups is 1. The van der Waals surface area contributed by atoms with Crippen molar-refractivity contribution in [3.63, 3.8) is 0 Å². The Labute approximate surface area is 153 Å². The van der Waals surface area contributed by atoms with E-state index in [1.165, 1.54) is 31.2 Å². The molecule has 0 aromatic heterocycles. The van der Waals surface area contributed by atoms with E-state index in [1.807, 2.05) is 0 Å². The van der Waals surface area contributed by atoms with Crippen LogP contribution in [0.5, 0.6) is 0 Å². The number of carboxylic acid groups (broad SMARTS) is 1. The first-order valence-corrected chi connectivity index (χ1v) is 8.10. The van der Waals surface area contributed by atoms with Crippen LogP contribution in [0.4, 0.5) is 20.2 Å². The highest BCUT2D eigenvalue weighted by molar-refractivity contribution is 6.34. The van der Waals surface area contributed by atoms with Gasteiger partial charge in [0.2, 0.25) is 0 Å². The van der Waals surface area contributed by atoms with Crippen LogP contribution >= 0.6 is 11.6 Å². The fraction of sp³-hybridized carbons (Fsp3) is 0.0500. The van der Waals surface area contributed by atoms with Gasteiger partial charge in [0.1, 0.15) is 11.6 Å². The number of benzene rings is 3. The molecule has 132 valence electrons. The van der Waals surface area contributed by atoms with Crippen molar-refractivity contribution in [2.75, 3.05) is 5.32 Å². The molecule has 0 saturated carbocycles. The minimum absolute atomic E-state index is 0.0351. The Morgan fingerprint density at radius 1 is 1.00 bits per heavy atom. The second-order valence-electron chi connectivity index (χ2n) is 5.69. The number of anilines is 2. The fourth-order valence-corrected chi connectivity index (χ4v) is 3.03. The lowest BCUT2D eigenvalue weighted by atomic mass is 10.0. The van der Waals surface area contributed by atoms with Crippen molar-refractivity contribution in [1.82, 2.24) is 0 Å². The molecule has 0 heterocycles. The predicted octanol–water partition coefficient (Wildman–Crippen LogP) is 6.04. The number of aromatic carboxylic acids is 1. The van der Waals surface area contributed by atoms with Gasteiger partial charge in [0.05, 0.1) is 16.3 Å². The molecule has 6 heteroatoms. The molecule has 3 aromatic carbocycles. The van der Waals surface area contributed by atoms with Gasteiger partial charge in [0, 0.05) is 16.8 Å². The molecule has 3 aromatic rings. The second-order valence-corrected chi connectivity index (χ2v) is 6.10. The first-order valence-electron chi connectivity index (χ1n) is 7.72. The van der Waals surface area contributed by atoms with Crippen LogP contribution in [0, 0.1) is 18.6 Å². The Balaban J connectivity index is 2.13. The van der Waals surface area contributed by atoms with E-state index < -0.39 is 11.8 Å². The summed E-state index contributed by atoms with van der Waals surface area (Å²) < 4.78 is 27.0. The minimum Gasteiger partial charge on any atom is -0.478 e. The van der Waals surface area contributed by atoms with Crippen LogP contribution in [-0.2, 0) is 0 Å². The number of hydrogen-bond donors (Lipinski definition) is 2. The topological polar surface area (TPSA) is 49.3 Å². The number of halogens is 3. The standard InChI is InChI=1S/C20H14ClF2NO2/c1-11-15(23)9-10-17(18(11)20(25)26)24-16-4-2-3-14(21)19(16)12-5-7-13(22)8-6-12/h2-10,24H,1H3,(H,25,26). The number of nitrogens with one attached hydrogen (secondary N) is 1. The van der Waals surface area contributed by atoms with Crippen molar-refractivity contribution in [2.24, 2.45) is 0 Å². The Morgan fingerprint density at radius 2 is 1.69 bits per heavy atom.